The summed E-state index contributed by atoms with van der Waals surface area (Å²) in [7, 11) is 1.67. The van der Waals surface area contributed by atoms with Crippen molar-refractivity contribution in [2.75, 3.05) is 13.7 Å². The quantitative estimate of drug-likeness (QED) is 0.793. The first-order valence-corrected chi connectivity index (χ1v) is 7.54. The second kappa shape index (κ2) is 5.56. The van der Waals surface area contributed by atoms with E-state index in [0.29, 0.717) is 6.54 Å². The van der Waals surface area contributed by atoms with Crippen molar-refractivity contribution in [2.24, 2.45) is 0 Å². The Kier molecular flexibility index (Phi) is 3.76. The first-order valence-electron chi connectivity index (χ1n) is 7.54. The lowest BCUT2D eigenvalue weighted by Crippen LogP contribution is -2.50. The van der Waals surface area contributed by atoms with Gasteiger partial charge in [0, 0.05) is 6.54 Å². The summed E-state index contributed by atoms with van der Waals surface area (Å²) in [6, 6.07) is 5.75. The minimum Gasteiger partial charge on any atom is -0.496 e. The van der Waals surface area contributed by atoms with Crippen molar-refractivity contribution in [2.45, 2.75) is 43.7 Å². The second-order valence-electron chi connectivity index (χ2n) is 6.02. The molecule has 0 aromatic heterocycles. The number of hydrogen-bond acceptors (Lipinski definition) is 3. The number of hydrogen-bond donors (Lipinski definition) is 3. The first kappa shape index (κ1) is 14.2. The van der Waals surface area contributed by atoms with E-state index in [2.05, 4.69) is 10.6 Å². The molecule has 3 N–H and O–H groups in total. The fourth-order valence-electron chi connectivity index (χ4n) is 3.18. The zero-order valence-corrected chi connectivity index (χ0v) is 12.3. The Bertz CT molecular complexity index is 540. The number of carbonyl (C=O) groups excluding carboxylic acids is 1. The van der Waals surface area contributed by atoms with Crippen molar-refractivity contribution in [1.29, 1.82) is 0 Å². The molecule has 2 aliphatic carbocycles. The van der Waals surface area contributed by atoms with E-state index in [-0.39, 0.29) is 12.1 Å². The molecule has 1 fully saturated rings. The SMILES string of the molecule is COc1cccc2c1CCC2NC(=O)NCC1(O)CCC1. The molecule has 1 atom stereocenters. The number of rotatable bonds is 4. The van der Waals surface area contributed by atoms with Crippen LogP contribution in [0.3, 0.4) is 0 Å². The lowest BCUT2D eigenvalue weighted by Gasteiger charge is -2.36. The summed E-state index contributed by atoms with van der Waals surface area (Å²) in [4.78, 5) is 12.0. The maximum absolute atomic E-state index is 12.0. The minimum absolute atomic E-state index is 0.0196. The number of urea groups is 1. The predicted octanol–water partition coefficient (Wildman–Crippen LogP) is 1.90. The standard InChI is InChI=1S/C16H22N2O3/c1-21-14-5-2-4-11-12(14)6-7-13(11)18-15(19)17-10-16(20)8-3-9-16/h2,4-5,13,20H,3,6-10H2,1H3,(H2,17,18,19). The van der Waals surface area contributed by atoms with Gasteiger partial charge in [0.15, 0.2) is 0 Å². The second-order valence-corrected chi connectivity index (χ2v) is 6.02. The van der Waals surface area contributed by atoms with Gasteiger partial charge in [-0.1, -0.05) is 12.1 Å². The smallest absolute Gasteiger partial charge is 0.315 e. The Balaban J connectivity index is 1.59. The number of carbonyl (C=O) groups is 1. The minimum atomic E-state index is -0.686. The van der Waals surface area contributed by atoms with Crippen molar-refractivity contribution >= 4 is 6.03 Å². The first-order chi connectivity index (χ1) is 10.1. The van der Waals surface area contributed by atoms with Crippen molar-refractivity contribution in [3.63, 3.8) is 0 Å². The molecule has 5 nitrogen and oxygen atoms in total. The van der Waals surface area contributed by atoms with E-state index in [0.717, 1.165) is 43.4 Å². The summed E-state index contributed by atoms with van der Waals surface area (Å²) in [5.74, 6) is 0.890. The van der Waals surface area contributed by atoms with Crippen LogP contribution in [0.15, 0.2) is 18.2 Å². The third-order valence-electron chi connectivity index (χ3n) is 4.62. The Morgan fingerprint density at radius 3 is 2.95 bits per heavy atom. The summed E-state index contributed by atoms with van der Waals surface area (Å²) in [6.07, 6.45) is 4.38. The summed E-state index contributed by atoms with van der Waals surface area (Å²) >= 11 is 0. The van der Waals surface area contributed by atoms with Crippen LogP contribution < -0.4 is 15.4 Å². The summed E-state index contributed by atoms with van der Waals surface area (Å²) in [5.41, 5.74) is 1.63. The van der Waals surface area contributed by atoms with Gasteiger partial charge in [0.25, 0.3) is 0 Å². The highest BCUT2D eigenvalue weighted by atomic mass is 16.5. The predicted molar refractivity (Wildman–Crippen MR) is 79.4 cm³/mol. The van der Waals surface area contributed by atoms with Gasteiger partial charge in [-0.3, -0.25) is 0 Å². The molecule has 21 heavy (non-hydrogen) atoms. The highest BCUT2D eigenvalue weighted by Crippen LogP contribution is 2.36. The molecule has 1 aromatic rings. The molecule has 0 radical (unpaired) electrons. The molecule has 0 saturated heterocycles. The van der Waals surface area contributed by atoms with Crippen molar-refractivity contribution in [3.8, 4) is 5.75 Å². The van der Waals surface area contributed by atoms with Crippen LogP contribution >= 0.6 is 0 Å². The molecule has 0 bridgehead atoms. The molecule has 0 heterocycles. The van der Waals surface area contributed by atoms with Crippen LogP contribution in [0.2, 0.25) is 0 Å². The summed E-state index contributed by atoms with van der Waals surface area (Å²) < 4.78 is 5.36. The van der Waals surface area contributed by atoms with Crippen molar-refractivity contribution in [3.05, 3.63) is 29.3 Å². The number of aliphatic hydroxyl groups is 1. The zero-order chi connectivity index (χ0) is 14.9. The van der Waals surface area contributed by atoms with Gasteiger partial charge >= 0.3 is 6.03 Å². The number of ether oxygens (including phenoxy) is 1. The Hall–Kier alpha value is -1.75. The normalized spacial score (nSPS) is 22.1. The van der Waals surface area contributed by atoms with Crippen LogP contribution in [0.1, 0.15) is 42.9 Å². The van der Waals surface area contributed by atoms with E-state index < -0.39 is 5.60 Å². The molecule has 0 spiro atoms. The number of amides is 2. The Morgan fingerprint density at radius 1 is 1.48 bits per heavy atom. The van der Waals surface area contributed by atoms with E-state index in [4.69, 9.17) is 4.74 Å². The van der Waals surface area contributed by atoms with Crippen molar-refractivity contribution in [1.82, 2.24) is 10.6 Å². The van der Waals surface area contributed by atoms with Gasteiger partial charge in [-0.2, -0.15) is 0 Å². The van der Waals surface area contributed by atoms with Crippen LogP contribution in [-0.4, -0.2) is 30.4 Å². The molecule has 1 unspecified atom stereocenters. The van der Waals surface area contributed by atoms with Crippen LogP contribution in [0.5, 0.6) is 5.75 Å². The molecule has 2 aliphatic rings. The number of fused-ring (bicyclic) bond motifs is 1. The maximum Gasteiger partial charge on any atom is 0.315 e. The monoisotopic (exact) mass is 290 g/mol. The van der Waals surface area contributed by atoms with Crippen LogP contribution in [-0.2, 0) is 6.42 Å². The molecule has 0 aliphatic heterocycles. The van der Waals surface area contributed by atoms with Crippen LogP contribution in [0, 0.1) is 0 Å². The summed E-state index contributed by atoms with van der Waals surface area (Å²) in [5, 5.41) is 15.8. The van der Waals surface area contributed by atoms with Crippen molar-refractivity contribution < 1.29 is 14.6 Å². The van der Waals surface area contributed by atoms with E-state index >= 15 is 0 Å². The van der Waals surface area contributed by atoms with Gasteiger partial charge in [-0.05, 0) is 49.3 Å². The average Bonchev–Trinajstić information content (AvgIpc) is 2.86. The molecular formula is C16H22N2O3. The largest absolute Gasteiger partial charge is 0.496 e. The van der Waals surface area contributed by atoms with Gasteiger partial charge in [0.05, 0.1) is 18.8 Å². The Labute approximate surface area is 124 Å². The molecule has 114 valence electrons. The fourth-order valence-corrected chi connectivity index (χ4v) is 3.18. The average molecular weight is 290 g/mol. The van der Waals surface area contributed by atoms with E-state index in [1.165, 1.54) is 5.56 Å². The number of benzene rings is 1. The topological polar surface area (TPSA) is 70.6 Å². The number of nitrogens with one attached hydrogen (secondary N) is 2. The fraction of sp³-hybridized carbons (Fsp3) is 0.562. The third-order valence-corrected chi connectivity index (χ3v) is 4.62. The lowest BCUT2D eigenvalue weighted by atomic mass is 9.80. The molecular weight excluding hydrogens is 268 g/mol. The van der Waals surface area contributed by atoms with E-state index in [9.17, 15) is 9.90 Å². The molecule has 3 rings (SSSR count). The molecule has 5 heteroatoms. The van der Waals surface area contributed by atoms with Crippen LogP contribution in [0.4, 0.5) is 4.79 Å². The maximum atomic E-state index is 12.0. The zero-order valence-electron chi connectivity index (χ0n) is 12.3. The van der Waals surface area contributed by atoms with Gasteiger partial charge in [-0.25, -0.2) is 4.79 Å². The van der Waals surface area contributed by atoms with Gasteiger partial charge in [0.1, 0.15) is 5.75 Å². The molecule has 1 saturated carbocycles. The van der Waals surface area contributed by atoms with Crippen LogP contribution in [0.25, 0.3) is 0 Å². The number of methoxy groups -OCH3 is 1. The molecule has 1 aromatic carbocycles. The van der Waals surface area contributed by atoms with E-state index in [1.807, 2.05) is 18.2 Å². The lowest BCUT2D eigenvalue weighted by molar-refractivity contribution is -0.0290. The highest BCUT2D eigenvalue weighted by molar-refractivity contribution is 5.75. The summed E-state index contributed by atoms with van der Waals surface area (Å²) in [6.45, 7) is 0.330. The van der Waals surface area contributed by atoms with Gasteiger partial charge in [-0.15, -0.1) is 0 Å². The van der Waals surface area contributed by atoms with Gasteiger partial charge in [0.2, 0.25) is 0 Å². The van der Waals surface area contributed by atoms with E-state index in [1.54, 1.807) is 7.11 Å². The highest BCUT2D eigenvalue weighted by Gasteiger charge is 2.35. The Morgan fingerprint density at radius 2 is 2.29 bits per heavy atom. The van der Waals surface area contributed by atoms with Gasteiger partial charge < -0.3 is 20.5 Å². The molecule has 2 amide bonds. The third kappa shape index (κ3) is 2.83.